The maximum absolute atomic E-state index is 12.6. The molecule has 0 spiro atoms. The van der Waals surface area contributed by atoms with E-state index in [1.54, 1.807) is 24.3 Å². The molecule has 1 heterocycles. The van der Waals surface area contributed by atoms with Crippen molar-refractivity contribution in [3.8, 4) is 0 Å². The van der Waals surface area contributed by atoms with Crippen molar-refractivity contribution in [2.24, 2.45) is 11.8 Å². The molecule has 1 aromatic rings. The average Bonchev–Trinajstić information content (AvgIpc) is 2.73. The molecule has 1 saturated carbocycles. The van der Waals surface area contributed by atoms with E-state index in [0.717, 1.165) is 12.8 Å². The van der Waals surface area contributed by atoms with Crippen LogP contribution in [-0.4, -0.2) is 56.1 Å². The van der Waals surface area contributed by atoms with Gasteiger partial charge in [0.2, 0.25) is 11.8 Å². The second kappa shape index (κ2) is 8.99. The number of ether oxygens (including phenoxy) is 2. The summed E-state index contributed by atoms with van der Waals surface area (Å²) in [4.78, 5) is 38.6. The first-order valence-electron chi connectivity index (χ1n) is 9.44. The SMILES string of the molecule is COC(=O)c1cccc(NC(=O)C2CCC(C(=O)N3CCOCC3)CC2)c1. The summed E-state index contributed by atoms with van der Waals surface area (Å²) >= 11 is 0. The van der Waals surface area contributed by atoms with Gasteiger partial charge < -0.3 is 19.7 Å². The molecule has 7 heteroatoms. The molecule has 2 aliphatic rings. The monoisotopic (exact) mass is 374 g/mol. The van der Waals surface area contributed by atoms with E-state index < -0.39 is 5.97 Å². The number of methoxy groups -OCH3 is 1. The highest BCUT2D eigenvalue weighted by atomic mass is 16.5. The number of esters is 1. The Morgan fingerprint density at radius 2 is 1.74 bits per heavy atom. The fourth-order valence-electron chi connectivity index (χ4n) is 3.73. The predicted octanol–water partition coefficient (Wildman–Crippen LogP) is 2.08. The van der Waals surface area contributed by atoms with Crippen LogP contribution in [0, 0.1) is 11.8 Å². The minimum atomic E-state index is -0.437. The predicted molar refractivity (Wildman–Crippen MR) is 99.3 cm³/mol. The van der Waals surface area contributed by atoms with Gasteiger partial charge in [0, 0.05) is 30.6 Å². The van der Waals surface area contributed by atoms with Crippen LogP contribution in [0.2, 0.25) is 0 Å². The molecule has 2 amide bonds. The van der Waals surface area contributed by atoms with Crippen molar-refractivity contribution in [2.75, 3.05) is 38.7 Å². The van der Waals surface area contributed by atoms with Gasteiger partial charge in [0.1, 0.15) is 0 Å². The number of amides is 2. The van der Waals surface area contributed by atoms with Gasteiger partial charge in [-0.05, 0) is 43.9 Å². The van der Waals surface area contributed by atoms with Crippen molar-refractivity contribution >= 4 is 23.5 Å². The number of carbonyl (C=O) groups excluding carboxylic acids is 3. The first kappa shape index (κ1) is 19.4. The van der Waals surface area contributed by atoms with Gasteiger partial charge in [-0.3, -0.25) is 9.59 Å². The molecular formula is C20H26N2O5. The largest absolute Gasteiger partial charge is 0.465 e. The van der Waals surface area contributed by atoms with E-state index in [0.29, 0.717) is 50.4 Å². The minimum Gasteiger partial charge on any atom is -0.465 e. The first-order chi connectivity index (χ1) is 13.1. The zero-order valence-corrected chi connectivity index (χ0v) is 15.6. The Hall–Kier alpha value is -2.41. The summed E-state index contributed by atoms with van der Waals surface area (Å²) in [5, 5.41) is 2.88. The van der Waals surface area contributed by atoms with E-state index in [4.69, 9.17) is 9.47 Å². The van der Waals surface area contributed by atoms with Crippen LogP contribution in [0.3, 0.4) is 0 Å². The van der Waals surface area contributed by atoms with Crippen LogP contribution < -0.4 is 5.32 Å². The van der Waals surface area contributed by atoms with Crippen LogP contribution in [0.1, 0.15) is 36.0 Å². The molecule has 1 aliphatic carbocycles. The molecular weight excluding hydrogens is 348 g/mol. The van der Waals surface area contributed by atoms with Crippen molar-refractivity contribution in [3.05, 3.63) is 29.8 Å². The summed E-state index contributed by atoms with van der Waals surface area (Å²) in [5.41, 5.74) is 0.976. The Balaban J connectivity index is 1.51. The van der Waals surface area contributed by atoms with Gasteiger partial charge in [-0.25, -0.2) is 4.79 Å². The molecule has 0 unspecified atom stereocenters. The number of nitrogens with one attached hydrogen (secondary N) is 1. The molecule has 1 N–H and O–H groups in total. The van der Waals surface area contributed by atoms with Crippen LogP contribution in [0.4, 0.5) is 5.69 Å². The highest BCUT2D eigenvalue weighted by molar-refractivity contribution is 5.95. The minimum absolute atomic E-state index is 0.00908. The van der Waals surface area contributed by atoms with Gasteiger partial charge in [0.15, 0.2) is 0 Å². The Bertz CT molecular complexity index is 691. The van der Waals surface area contributed by atoms with Crippen molar-refractivity contribution < 1.29 is 23.9 Å². The number of rotatable bonds is 4. The van der Waals surface area contributed by atoms with Crippen LogP contribution in [0.15, 0.2) is 24.3 Å². The molecule has 0 bridgehead atoms. The normalized spacial score (nSPS) is 22.8. The van der Waals surface area contributed by atoms with Crippen molar-refractivity contribution in [1.29, 1.82) is 0 Å². The fraction of sp³-hybridized carbons (Fsp3) is 0.550. The molecule has 1 aromatic carbocycles. The zero-order valence-electron chi connectivity index (χ0n) is 15.6. The van der Waals surface area contributed by atoms with Crippen LogP contribution in [0.5, 0.6) is 0 Å². The Morgan fingerprint density at radius 1 is 1.07 bits per heavy atom. The lowest BCUT2D eigenvalue weighted by Gasteiger charge is -2.33. The summed E-state index contributed by atoms with van der Waals surface area (Å²) in [7, 11) is 1.32. The second-order valence-electron chi connectivity index (χ2n) is 7.05. The summed E-state index contributed by atoms with van der Waals surface area (Å²) < 4.78 is 10.00. The molecule has 3 rings (SSSR count). The number of morpholine rings is 1. The highest BCUT2D eigenvalue weighted by Gasteiger charge is 2.32. The number of hydrogen-bond donors (Lipinski definition) is 1. The molecule has 1 aliphatic heterocycles. The lowest BCUT2D eigenvalue weighted by Crippen LogP contribution is -2.44. The fourth-order valence-corrected chi connectivity index (χ4v) is 3.73. The number of nitrogens with zero attached hydrogens (tertiary/aromatic N) is 1. The van der Waals surface area contributed by atoms with E-state index in [1.807, 2.05) is 4.90 Å². The van der Waals surface area contributed by atoms with E-state index in [2.05, 4.69) is 5.32 Å². The number of benzene rings is 1. The lowest BCUT2D eigenvalue weighted by atomic mass is 9.81. The van der Waals surface area contributed by atoms with Crippen molar-refractivity contribution in [2.45, 2.75) is 25.7 Å². The molecule has 27 heavy (non-hydrogen) atoms. The quantitative estimate of drug-likeness (QED) is 0.816. The molecule has 2 fully saturated rings. The number of anilines is 1. The summed E-state index contributed by atoms with van der Waals surface area (Å²) in [5.74, 6) is -0.402. The van der Waals surface area contributed by atoms with Crippen molar-refractivity contribution in [1.82, 2.24) is 4.90 Å². The maximum Gasteiger partial charge on any atom is 0.337 e. The summed E-state index contributed by atoms with van der Waals surface area (Å²) in [6.45, 7) is 2.54. The Morgan fingerprint density at radius 3 is 2.41 bits per heavy atom. The third-order valence-electron chi connectivity index (χ3n) is 5.32. The topological polar surface area (TPSA) is 84.9 Å². The van der Waals surface area contributed by atoms with Gasteiger partial charge in [0.25, 0.3) is 0 Å². The van der Waals surface area contributed by atoms with Gasteiger partial charge in [-0.1, -0.05) is 6.07 Å². The second-order valence-corrected chi connectivity index (χ2v) is 7.05. The van der Waals surface area contributed by atoms with Gasteiger partial charge in [-0.15, -0.1) is 0 Å². The molecule has 0 atom stereocenters. The maximum atomic E-state index is 12.6. The standard InChI is InChI=1S/C20H26N2O5/c1-26-20(25)16-3-2-4-17(13-16)21-18(23)14-5-7-15(8-6-14)19(24)22-9-11-27-12-10-22/h2-4,13-15H,5-12H2,1H3,(H,21,23). The molecule has 146 valence electrons. The zero-order chi connectivity index (χ0) is 19.2. The average molecular weight is 374 g/mol. The number of carbonyl (C=O) groups is 3. The summed E-state index contributed by atoms with van der Waals surface area (Å²) in [6, 6.07) is 6.71. The van der Waals surface area contributed by atoms with Gasteiger partial charge >= 0.3 is 5.97 Å². The third kappa shape index (κ3) is 4.86. The molecule has 0 aromatic heterocycles. The smallest absolute Gasteiger partial charge is 0.337 e. The van der Waals surface area contributed by atoms with E-state index in [1.165, 1.54) is 7.11 Å². The molecule has 0 radical (unpaired) electrons. The van der Waals surface area contributed by atoms with E-state index >= 15 is 0 Å². The van der Waals surface area contributed by atoms with Crippen LogP contribution >= 0.6 is 0 Å². The third-order valence-corrected chi connectivity index (χ3v) is 5.32. The Labute approximate surface area is 159 Å². The summed E-state index contributed by atoms with van der Waals surface area (Å²) in [6.07, 6.45) is 2.86. The first-order valence-corrected chi connectivity index (χ1v) is 9.44. The van der Waals surface area contributed by atoms with Gasteiger partial charge in [-0.2, -0.15) is 0 Å². The highest BCUT2D eigenvalue weighted by Crippen LogP contribution is 2.31. The van der Waals surface area contributed by atoms with Crippen molar-refractivity contribution in [3.63, 3.8) is 0 Å². The number of hydrogen-bond acceptors (Lipinski definition) is 5. The lowest BCUT2D eigenvalue weighted by molar-refractivity contribution is -0.141. The van der Waals surface area contributed by atoms with Crippen LogP contribution in [-0.2, 0) is 19.1 Å². The van der Waals surface area contributed by atoms with E-state index in [-0.39, 0.29) is 23.7 Å². The van der Waals surface area contributed by atoms with E-state index in [9.17, 15) is 14.4 Å². The Kier molecular flexibility index (Phi) is 6.45. The molecule has 1 saturated heterocycles. The van der Waals surface area contributed by atoms with Crippen LogP contribution in [0.25, 0.3) is 0 Å². The van der Waals surface area contributed by atoms with Gasteiger partial charge in [0.05, 0.1) is 25.9 Å². The molecule has 7 nitrogen and oxygen atoms in total.